The highest BCUT2D eigenvalue weighted by molar-refractivity contribution is 6.02. The Balaban J connectivity index is 1.25. The number of carbonyl (C=O) groups is 1. The van der Waals surface area contributed by atoms with Gasteiger partial charge in [0.25, 0.3) is 0 Å². The molecule has 36 heavy (non-hydrogen) atoms. The number of anilines is 1. The van der Waals surface area contributed by atoms with Crippen molar-refractivity contribution in [3.63, 3.8) is 0 Å². The van der Waals surface area contributed by atoms with E-state index in [1.807, 2.05) is 23.0 Å². The van der Waals surface area contributed by atoms with E-state index in [1.165, 1.54) is 11.0 Å². The lowest BCUT2D eigenvalue weighted by molar-refractivity contribution is -0.143. The number of halogens is 4. The van der Waals surface area contributed by atoms with Crippen LogP contribution in [0.5, 0.6) is 0 Å². The molecular formula is C26H25F4N5O. The van der Waals surface area contributed by atoms with E-state index in [0.717, 1.165) is 40.7 Å². The minimum Gasteiger partial charge on any atom is -0.323 e. The van der Waals surface area contributed by atoms with Crippen molar-refractivity contribution in [3.05, 3.63) is 71.8 Å². The van der Waals surface area contributed by atoms with Crippen LogP contribution >= 0.6 is 0 Å². The predicted molar refractivity (Wildman–Crippen MR) is 128 cm³/mol. The van der Waals surface area contributed by atoms with Crippen LogP contribution in [0.1, 0.15) is 35.6 Å². The van der Waals surface area contributed by atoms with E-state index >= 15 is 0 Å². The molecule has 1 fully saturated rings. The zero-order valence-corrected chi connectivity index (χ0v) is 19.4. The molecule has 3 aromatic rings. The second-order valence-corrected chi connectivity index (χ2v) is 9.23. The molecule has 10 heteroatoms. The number of hydrogen-bond acceptors (Lipinski definition) is 4. The van der Waals surface area contributed by atoms with Gasteiger partial charge in [-0.25, -0.2) is 8.78 Å². The van der Waals surface area contributed by atoms with Crippen LogP contribution in [0.25, 0.3) is 17.2 Å². The molecule has 188 valence electrons. The molecule has 3 heterocycles. The first-order valence-electron chi connectivity index (χ1n) is 11.8. The van der Waals surface area contributed by atoms with Crippen LogP contribution in [0.3, 0.4) is 0 Å². The van der Waals surface area contributed by atoms with E-state index in [9.17, 15) is 22.4 Å². The lowest BCUT2D eigenvalue weighted by atomic mass is 9.98. The van der Waals surface area contributed by atoms with E-state index in [1.54, 1.807) is 36.8 Å². The average Bonchev–Trinajstić information content (AvgIpc) is 3.59. The van der Waals surface area contributed by atoms with Crippen molar-refractivity contribution in [2.75, 3.05) is 18.4 Å². The highest BCUT2D eigenvalue weighted by atomic mass is 19.3. The van der Waals surface area contributed by atoms with E-state index in [4.69, 9.17) is 0 Å². The van der Waals surface area contributed by atoms with Gasteiger partial charge >= 0.3 is 12.3 Å². The Kier molecular flexibility index (Phi) is 6.61. The van der Waals surface area contributed by atoms with Crippen molar-refractivity contribution in [3.8, 4) is 11.1 Å². The first-order chi connectivity index (χ1) is 17.3. The van der Waals surface area contributed by atoms with Crippen LogP contribution in [-0.4, -0.2) is 51.0 Å². The zero-order valence-electron chi connectivity index (χ0n) is 19.4. The SMILES string of the molecule is O=C(/C=C/c1cnccc1-c1cnn(C2CC2)c1)Nc1ccc2c(c1)CN(CC(F)(F)C(F)F)CC2. The number of amides is 1. The normalized spacial score (nSPS) is 16.5. The number of nitrogens with zero attached hydrogens (tertiary/aromatic N) is 4. The Hall–Kier alpha value is -3.53. The first-order valence-corrected chi connectivity index (χ1v) is 11.8. The largest absolute Gasteiger partial charge is 0.323 e. The maximum atomic E-state index is 13.5. The number of alkyl halides is 4. The van der Waals surface area contributed by atoms with E-state index in [2.05, 4.69) is 15.4 Å². The van der Waals surface area contributed by atoms with E-state index in [0.29, 0.717) is 18.2 Å². The summed E-state index contributed by atoms with van der Waals surface area (Å²) in [6.07, 6.45) is 9.29. The number of carbonyl (C=O) groups excluding carboxylic acids is 1. The van der Waals surface area contributed by atoms with Crippen molar-refractivity contribution in [2.24, 2.45) is 0 Å². The summed E-state index contributed by atoms with van der Waals surface area (Å²) in [5.41, 5.74) is 4.81. The van der Waals surface area contributed by atoms with Gasteiger partial charge in [-0.1, -0.05) is 6.07 Å². The molecule has 1 aromatic carbocycles. The van der Waals surface area contributed by atoms with Gasteiger partial charge in [-0.05, 0) is 60.2 Å². The van der Waals surface area contributed by atoms with Gasteiger partial charge in [-0.3, -0.25) is 19.4 Å². The molecule has 0 radical (unpaired) electrons. The number of pyridine rings is 1. The van der Waals surface area contributed by atoms with Gasteiger partial charge in [-0.2, -0.15) is 13.9 Å². The van der Waals surface area contributed by atoms with E-state index < -0.39 is 18.9 Å². The molecule has 0 saturated heterocycles. The molecular weight excluding hydrogens is 474 g/mol. The third-order valence-electron chi connectivity index (χ3n) is 6.42. The highest BCUT2D eigenvalue weighted by Crippen LogP contribution is 2.35. The maximum Gasteiger partial charge on any atom is 0.319 e. The fraction of sp³-hybridized carbons (Fsp3) is 0.346. The van der Waals surface area contributed by atoms with Gasteiger partial charge in [-0.15, -0.1) is 0 Å². The average molecular weight is 500 g/mol. The molecule has 6 nitrogen and oxygen atoms in total. The topological polar surface area (TPSA) is 63.1 Å². The number of hydrogen-bond donors (Lipinski definition) is 1. The second kappa shape index (κ2) is 9.85. The summed E-state index contributed by atoms with van der Waals surface area (Å²) in [5, 5.41) is 7.21. The highest BCUT2D eigenvalue weighted by Gasteiger charge is 2.42. The van der Waals surface area contributed by atoms with E-state index in [-0.39, 0.29) is 19.0 Å². The number of nitrogens with one attached hydrogen (secondary N) is 1. The number of aromatic nitrogens is 3. The summed E-state index contributed by atoms with van der Waals surface area (Å²) in [6.45, 7) is -0.613. The quantitative estimate of drug-likeness (QED) is 0.342. The summed E-state index contributed by atoms with van der Waals surface area (Å²) < 4.78 is 54.1. The zero-order chi connectivity index (χ0) is 25.3. The van der Waals surface area contributed by atoms with Gasteiger partial charge in [0.1, 0.15) is 0 Å². The molecule has 1 aliphatic carbocycles. The van der Waals surface area contributed by atoms with Crippen LogP contribution in [0.2, 0.25) is 0 Å². The third kappa shape index (κ3) is 5.48. The van der Waals surface area contributed by atoms with Gasteiger partial charge in [0.2, 0.25) is 5.91 Å². The van der Waals surface area contributed by atoms with Gasteiger partial charge in [0.15, 0.2) is 0 Å². The molecule has 0 spiro atoms. The Morgan fingerprint density at radius 3 is 2.81 bits per heavy atom. The first kappa shape index (κ1) is 24.2. The summed E-state index contributed by atoms with van der Waals surface area (Å²) in [5.74, 6) is -4.43. The monoisotopic (exact) mass is 499 g/mol. The van der Waals surface area contributed by atoms with Crippen LogP contribution in [0.4, 0.5) is 23.2 Å². The Bertz CT molecular complexity index is 1280. The fourth-order valence-electron chi connectivity index (χ4n) is 4.36. The predicted octanol–water partition coefficient (Wildman–Crippen LogP) is 5.19. The molecule has 1 N–H and O–H groups in total. The summed E-state index contributed by atoms with van der Waals surface area (Å²) >= 11 is 0. The standard InChI is InChI=1S/C26H25F4N5O/c27-25(28)26(29,30)16-34-10-8-17-1-3-21(11-19(17)14-34)33-24(36)6-2-18-12-31-9-7-23(18)20-13-32-35(15-20)22-4-5-22/h1-3,6-7,9,11-13,15,22,25H,4-5,8,10,14,16H2,(H,33,36)/b6-2+. The molecule has 1 saturated carbocycles. The van der Waals surface area contributed by atoms with Crippen LogP contribution < -0.4 is 5.32 Å². The van der Waals surface area contributed by atoms with Crippen molar-refractivity contribution in [1.29, 1.82) is 0 Å². The molecule has 2 aromatic heterocycles. The van der Waals surface area contributed by atoms with Gasteiger partial charge in [0, 0.05) is 54.6 Å². The fourth-order valence-corrected chi connectivity index (χ4v) is 4.36. The summed E-state index contributed by atoms with van der Waals surface area (Å²) in [7, 11) is 0. The number of rotatable bonds is 8. The molecule has 0 atom stereocenters. The minimum absolute atomic E-state index is 0.116. The lowest BCUT2D eigenvalue weighted by Crippen LogP contribution is -2.43. The molecule has 0 unspecified atom stereocenters. The third-order valence-corrected chi connectivity index (χ3v) is 6.42. The number of fused-ring (bicyclic) bond motifs is 1. The van der Waals surface area contributed by atoms with Crippen molar-refractivity contribution < 1.29 is 22.4 Å². The molecule has 2 aliphatic rings. The van der Waals surface area contributed by atoms with Crippen molar-refractivity contribution in [1.82, 2.24) is 19.7 Å². The Morgan fingerprint density at radius 2 is 2.03 bits per heavy atom. The smallest absolute Gasteiger partial charge is 0.319 e. The second-order valence-electron chi connectivity index (χ2n) is 9.23. The Labute approximate surface area is 205 Å². The minimum atomic E-state index is -4.06. The van der Waals surface area contributed by atoms with Gasteiger partial charge in [0.05, 0.1) is 18.8 Å². The van der Waals surface area contributed by atoms with Crippen LogP contribution in [0.15, 0.2) is 55.1 Å². The van der Waals surface area contributed by atoms with Crippen LogP contribution in [-0.2, 0) is 17.8 Å². The van der Waals surface area contributed by atoms with Crippen molar-refractivity contribution in [2.45, 2.75) is 44.2 Å². The van der Waals surface area contributed by atoms with Gasteiger partial charge < -0.3 is 5.32 Å². The lowest BCUT2D eigenvalue weighted by Gasteiger charge is -2.31. The molecule has 0 bridgehead atoms. The molecule has 1 amide bonds. The summed E-state index contributed by atoms with van der Waals surface area (Å²) in [6, 6.07) is 7.62. The number of benzene rings is 1. The molecule has 1 aliphatic heterocycles. The maximum absolute atomic E-state index is 13.5. The molecule has 5 rings (SSSR count). The van der Waals surface area contributed by atoms with Crippen LogP contribution in [0, 0.1) is 0 Å². The Morgan fingerprint density at radius 1 is 1.19 bits per heavy atom. The summed E-state index contributed by atoms with van der Waals surface area (Å²) in [4.78, 5) is 18.1. The van der Waals surface area contributed by atoms with Crippen molar-refractivity contribution >= 4 is 17.7 Å².